The van der Waals surface area contributed by atoms with Gasteiger partial charge in [0, 0.05) is 13.6 Å². The molecule has 1 aromatic heterocycles. The summed E-state index contributed by atoms with van der Waals surface area (Å²) in [4.78, 5) is 32.9. The molecule has 0 saturated heterocycles. The van der Waals surface area contributed by atoms with E-state index < -0.39 is 0 Å². The van der Waals surface area contributed by atoms with Crippen LogP contribution >= 0.6 is 0 Å². The fourth-order valence-corrected chi connectivity index (χ4v) is 4.10. The molecule has 1 N–H and O–H groups in total. The third-order valence-electron chi connectivity index (χ3n) is 5.97. The van der Waals surface area contributed by atoms with Gasteiger partial charge >= 0.3 is 6.03 Å². The number of carbonyl (C=O) groups is 1. The first-order valence-electron chi connectivity index (χ1n) is 11.7. The molecule has 35 heavy (non-hydrogen) atoms. The maximum atomic E-state index is 13.5. The molecule has 0 saturated carbocycles. The number of hydrogen-bond donors (Lipinski definition) is 1. The van der Waals surface area contributed by atoms with E-state index in [1.165, 1.54) is 0 Å². The molecule has 0 aliphatic rings. The van der Waals surface area contributed by atoms with Crippen LogP contribution in [0.3, 0.4) is 0 Å². The van der Waals surface area contributed by atoms with Crippen molar-refractivity contribution in [3.63, 3.8) is 0 Å². The molecular formula is C28H30N4O3. The minimum absolute atomic E-state index is 0.0494. The smallest absolute Gasteiger partial charge is 0.322 e. The van der Waals surface area contributed by atoms with E-state index in [0.717, 1.165) is 11.1 Å². The molecule has 1 atom stereocenters. The van der Waals surface area contributed by atoms with Crippen LogP contribution in [-0.2, 0) is 13.6 Å². The Labute approximate surface area is 205 Å². The Morgan fingerprint density at radius 1 is 1.03 bits per heavy atom. The van der Waals surface area contributed by atoms with Crippen LogP contribution in [0.5, 0.6) is 5.75 Å². The third kappa shape index (κ3) is 5.51. The van der Waals surface area contributed by atoms with Gasteiger partial charge in [-0.2, -0.15) is 0 Å². The first kappa shape index (κ1) is 24.0. The van der Waals surface area contributed by atoms with Crippen molar-refractivity contribution in [2.24, 2.45) is 7.05 Å². The maximum Gasteiger partial charge on any atom is 0.322 e. The number of urea groups is 1. The van der Waals surface area contributed by atoms with Gasteiger partial charge in [0.15, 0.2) is 0 Å². The summed E-state index contributed by atoms with van der Waals surface area (Å²) >= 11 is 0. The molecule has 2 amide bonds. The van der Waals surface area contributed by atoms with E-state index in [1.54, 1.807) is 22.6 Å². The summed E-state index contributed by atoms with van der Waals surface area (Å²) < 4.78 is 7.25. The predicted molar refractivity (Wildman–Crippen MR) is 139 cm³/mol. The molecule has 4 aromatic rings. The Hall–Kier alpha value is -4.13. The number of nitrogens with zero attached hydrogens (tertiary/aromatic N) is 3. The minimum Gasteiger partial charge on any atom is -0.492 e. The fraction of sp³-hybridized carbons (Fsp3) is 0.250. The summed E-state index contributed by atoms with van der Waals surface area (Å²) in [6, 6.07) is 24.5. The van der Waals surface area contributed by atoms with Gasteiger partial charge in [-0.05, 0) is 42.7 Å². The third-order valence-corrected chi connectivity index (χ3v) is 5.97. The Balaban J connectivity index is 1.67. The number of aromatic nitrogens is 2. The van der Waals surface area contributed by atoms with Crippen molar-refractivity contribution in [2.45, 2.75) is 26.3 Å². The summed E-state index contributed by atoms with van der Waals surface area (Å²) in [6.07, 6.45) is 0. The lowest BCUT2D eigenvalue weighted by atomic mass is 10.0. The zero-order chi connectivity index (χ0) is 24.8. The normalized spacial score (nSPS) is 11.7. The average Bonchev–Trinajstić information content (AvgIpc) is 2.88. The minimum atomic E-state index is -0.322. The number of aryl methyl sites for hydroxylation is 1. The molecule has 0 aliphatic carbocycles. The number of amides is 2. The van der Waals surface area contributed by atoms with Gasteiger partial charge < -0.3 is 19.5 Å². The highest BCUT2D eigenvalue weighted by molar-refractivity contribution is 5.91. The number of anilines is 1. The van der Waals surface area contributed by atoms with Gasteiger partial charge in [-0.3, -0.25) is 4.79 Å². The number of para-hydroxylation sites is 4. The van der Waals surface area contributed by atoms with Crippen molar-refractivity contribution in [1.82, 2.24) is 14.5 Å². The zero-order valence-corrected chi connectivity index (χ0v) is 20.3. The standard InChI is InChI=1S/C28H30N4O3/c1-4-35-26-17-11-9-15-23(26)30-28(34)32(18-20(2)21-12-6-5-7-13-21)19-24-27(33)31(3)25-16-10-8-14-22(25)29-24/h5-17,20H,4,18-19H2,1-3H3,(H,30,34). The fourth-order valence-electron chi connectivity index (χ4n) is 4.10. The van der Waals surface area contributed by atoms with Gasteiger partial charge in [0.25, 0.3) is 5.56 Å². The number of nitrogens with one attached hydrogen (secondary N) is 1. The van der Waals surface area contributed by atoms with E-state index in [1.807, 2.05) is 79.7 Å². The van der Waals surface area contributed by atoms with Gasteiger partial charge in [-0.25, -0.2) is 9.78 Å². The van der Waals surface area contributed by atoms with E-state index in [-0.39, 0.29) is 24.1 Å². The second-order valence-corrected chi connectivity index (χ2v) is 8.46. The average molecular weight is 471 g/mol. The van der Waals surface area contributed by atoms with Crippen molar-refractivity contribution < 1.29 is 9.53 Å². The number of hydrogen-bond acceptors (Lipinski definition) is 4. The molecule has 0 radical (unpaired) electrons. The van der Waals surface area contributed by atoms with Crippen LogP contribution in [0.1, 0.15) is 31.0 Å². The number of benzene rings is 3. The van der Waals surface area contributed by atoms with Crippen LogP contribution in [0, 0.1) is 0 Å². The maximum absolute atomic E-state index is 13.5. The Kier molecular flexibility index (Phi) is 7.45. The van der Waals surface area contributed by atoms with E-state index in [0.29, 0.717) is 35.8 Å². The van der Waals surface area contributed by atoms with Crippen molar-refractivity contribution in [2.75, 3.05) is 18.5 Å². The molecule has 0 spiro atoms. The van der Waals surface area contributed by atoms with Crippen LogP contribution in [0.25, 0.3) is 11.0 Å². The lowest BCUT2D eigenvalue weighted by Crippen LogP contribution is -2.39. The summed E-state index contributed by atoms with van der Waals surface area (Å²) in [5.41, 5.74) is 3.25. The number of ether oxygens (including phenoxy) is 1. The summed E-state index contributed by atoms with van der Waals surface area (Å²) in [5.74, 6) is 0.646. The van der Waals surface area contributed by atoms with Gasteiger partial charge in [-0.15, -0.1) is 0 Å². The van der Waals surface area contributed by atoms with Crippen LogP contribution < -0.4 is 15.6 Å². The molecule has 7 nitrogen and oxygen atoms in total. The Bertz CT molecular complexity index is 1370. The Morgan fingerprint density at radius 2 is 1.71 bits per heavy atom. The van der Waals surface area contributed by atoms with Crippen molar-refractivity contribution in [1.29, 1.82) is 0 Å². The van der Waals surface area contributed by atoms with Crippen LogP contribution in [0.4, 0.5) is 10.5 Å². The van der Waals surface area contributed by atoms with Gasteiger partial charge in [0.2, 0.25) is 0 Å². The Morgan fingerprint density at radius 3 is 2.49 bits per heavy atom. The highest BCUT2D eigenvalue weighted by Crippen LogP contribution is 2.25. The second kappa shape index (κ2) is 10.9. The molecule has 3 aromatic carbocycles. The van der Waals surface area contributed by atoms with Crippen molar-refractivity contribution in [3.8, 4) is 5.75 Å². The van der Waals surface area contributed by atoms with Gasteiger partial charge in [0.05, 0.1) is 29.9 Å². The van der Waals surface area contributed by atoms with Crippen LogP contribution in [0.2, 0.25) is 0 Å². The number of carbonyl (C=O) groups excluding carboxylic acids is 1. The van der Waals surface area contributed by atoms with E-state index >= 15 is 0 Å². The topological polar surface area (TPSA) is 76.5 Å². The number of rotatable bonds is 8. The van der Waals surface area contributed by atoms with E-state index in [2.05, 4.69) is 17.2 Å². The van der Waals surface area contributed by atoms with E-state index in [4.69, 9.17) is 4.74 Å². The molecule has 4 rings (SSSR count). The van der Waals surface area contributed by atoms with Crippen LogP contribution in [-0.4, -0.2) is 33.6 Å². The summed E-state index contributed by atoms with van der Waals surface area (Å²) in [5, 5.41) is 2.97. The lowest BCUT2D eigenvalue weighted by Gasteiger charge is -2.27. The highest BCUT2D eigenvalue weighted by atomic mass is 16.5. The van der Waals surface area contributed by atoms with Crippen molar-refractivity contribution in [3.05, 3.63) is 100 Å². The molecule has 0 fully saturated rings. The molecule has 1 unspecified atom stereocenters. The molecule has 180 valence electrons. The van der Waals surface area contributed by atoms with Crippen molar-refractivity contribution >= 4 is 22.8 Å². The second-order valence-electron chi connectivity index (χ2n) is 8.46. The van der Waals surface area contributed by atoms with Gasteiger partial charge in [-0.1, -0.05) is 61.5 Å². The molecule has 1 heterocycles. The van der Waals surface area contributed by atoms with E-state index in [9.17, 15) is 9.59 Å². The first-order chi connectivity index (χ1) is 17.0. The van der Waals surface area contributed by atoms with Gasteiger partial charge in [0.1, 0.15) is 11.4 Å². The summed E-state index contributed by atoms with van der Waals surface area (Å²) in [6.45, 7) is 4.93. The number of fused-ring (bicyclic) bond motifs is 1. The summed E-state index contributed by atoms with van der Waals surface area (Å²) in [7, 11) is 1.73. The highest BCUT2D eigenvalue weighted by Gasteiger charge is 2.22. The lowest BCUT2D eigenvalue weighted by molar-refractivity contribution is 0.205. The zero-order valence-electron chi connectivity index (χ0n) is 20.3. The first-order valence-corrected chi connectivity index (χ1v) is 11.7. The largest absolute Gasteiger partial charge is 0.492 e. The molecule has 0 bridgehead atoms. The molecule has 0 aliphatic heterocycles. The SMILES string of the molecule is CCOc1ccccc1NC(=O)N(Cc1nc2ccccc2n(C)c1=O)CC(C)c1ccccc1. The molecular weight excluding hydrogens is 440 g/mol. The quantitative estimate of drug-likeness (QED) is 0.385. The van der Waals surface area contributed by atoms with Crippen LogP contribution in [0.15, 0.2) is 83.7 Å². The monoisotopic (exact) mass is 470 g/mol. The predicted octanol–water partition coefficient (Wildman–Crippen LogP) is 5.17. The molecule has 7 heteroatoms.